The Labute approximate surface area is 342 Å². The Hall–Kier alpha value is -7.36. The first-order valence-electron chi connectivity index (χ1n) is 20.5. The molecule has 0 amide bonds. The second-order valence-corrected chi connectivity index (χ2v) is 16.4. The lowest BCUT2D eigenvalue weighted by atomic mass is 9.82. The summed E-state index contributed by atoms with van der Waals surface area (Å²) in [5.74, 6) is 0. The molecule has 0 N–H and O–H groups in total. The highest BCUT2D eigenvalue weighted by atomic mass is 16.3. The molecule has 0 atom stereocenters. The van der Waals surface area contributed by atoms with Crippen molar-refractivity contribution in [3.8, 4) is 33.4 Å². The van der Waals surface area contributed by atoms with Crippen LogP contribution in [0.5, 0.6) is 0 Å². The fourth-order valence-electron chi connectivity index (χ4n) is 9.85. The van der Waals surface area contributed by atoms with Crippen LogP contribution in [0, 0.1) is 0 Å². The molecule has 11 aromatic rings. The molecular formula is C56H39NO2. The van der Waals surface area contributed by atoms with Crippen molar-refractivity contribution in [2.45, 2.75) is 25.8 Å². The van der Waals surface area contributed by atoms with Crippen LogP contribution in [0.15, 0.2) is 197 Å². The van der Waals surface area contributed by atoms with Gasteiger partial charge in [0, 0.05) is 56.0 Å². The topological polar surface area (TPSA) is 29.5 Å². The van der Waals surface area contributed by atoms with E-state index in [1.807, 2.05) is 18.2 Å². The van der Waals surface area contributed by atoms with Crippen LogP contribution in [0.3, 0.4) is 0 Å². The van der Waals surface area contributed by atoms with E-state index in [0.29, 0.717) is 6.54 Å². The summed E-state index contributed by atoms with van der Waals surface area (Å²) in [5.41, 5.74) is 17.0. The molecule has 0 fully saturated rings. The largest absolute Gasteiger partial charge is 0.455 e. The molecule has 0 radical (unpaired) electrons. The van der Waals surface area contributed by atoms with E-state index in [4.69, 9.17) is 8.83 Å². The van der Waals surface area contributed by atoms with Gasteiger partial charge in [-0.15, -0.1) is 0 Å². The van der Waals surface area contributed by atoms with E-state index in [0.717, 1.165) is 71.9 Å². The first kappa shape index (κ1) is 33.7. The Morgan fingerprint density at radius 3 is 1.64 bits per heavy atom. The second-order valence-electron chi connectivity index (χ2n) is 16.4. The maximum atomic E-state index is 6.54. The third kappa shape index (κ3) is 5.14. The molecule has 280 valence electrons. The molecule has 9 aromatic carbocycles. The van der Waals surface area contributed by atoms with Crippen LogP contribution in [0.2, 0.25) is 0 Å². The highest BCUT2D eigenvalue weighted by Gasteiger charge is 2.35. The van der Waals surface area contributed by atoms with E-state index < -0.39 is 0 Å². The number of benzene rings is 9. The number of furan rings is 2. The molecule has 0 unspecified atom stereocenters. The number of hydrogen-bond donors (Lipinski definition) is 0. The summed E-state index contributed by atoms with van der Waals surface area (Å²) in [5, 5.41) is 6.99. The molecule has 2 heterocycles. The van der Waals surface area contributed by atoms with Gasteiger partial charge in [-0.05, 0) is 86.1 Å². The highest BCUT2D eigenvalue weighted by molar-refractivity contribution is 6.13. The Balaban J connectivity index is 0.996. The molecule has 59 heavy (non-hydrogen) atoms. The summed E-state index contributed by atoms with van der Waals surface area (Å²) in [6.45, 7) is 5.39. The van der Waals surface area contributed by atoms with Gasteiger partial charge in [0.05, 0.1) is 0 Å². The van der Waals surface area contributed by atoms with Crippen LogP contribution in [0.4, 0.5) is 11.4 Å². The number of nitrogens with zero attached hydrogens (tertiary/aromatic N) is 1. The maximum Gasteiger partial charge on any atom is 0.143 e. The summed E-state index contributed by atoms with van der Waals surface area (Å²) in [7, 11) is 0. The normalized spacial score (nSPS) is 13.1. The van der Waals surface area contributed by atoms with Crippen molar-refractivity contribution >= 4 is 66.0 Å². The average molecular weight is 758 g/mol. The number of rotatable bonds is 6. The number of hydrogen-bond acceptors (Lipinski definition) is 3. The molecule has 12 rings (SSSR count). The van der Waals surface area contributed by atoms with Gasteiger partial charge >= 0.3 is 0 Å². The van der Waals surface area contributed by atoms with Gasteiger partial charge in [0.2, 0.25) is 0 Å². The third-order valence-electron chi connectivity index (χ3n) is 12.8. The molecule has 0 saturated heterocycles. The summed E-state index contributed by atoms with van der Waals surface area (Å²) < 4.78 is 13.0. The van der Waals surface area contributed by atoms with Crippen LogP contribution in [0.1, 0.15) is 30.5 Å². The number of para-hydroxylation sites is 4. The van der Waals surface area contributed by atoms with Crippen LogP contribution < -0.4 is 4.90 Å². The Kier molecular flexibility index (Phi) is 7.34. The van der Waals surface area contributed by atoms with Crippen LogP contribution in [0.25, 0.3) is 88.0 Å². The van der Waals surface area contributed by atoms with Crippen molar-refractivity contribution in [1.82, 2.24) is 0 Å². The lowest BCUT2D eigenvalue weighted by Gasteiger charge is -2.29. The average Bonchev–Trinajstić information content (AvgIpc) is 3.93. The lowest BCUT2D eigenvalue weighted by molar-refractivity contribution is 0.660. The van der Waals surface area contributed by atoms with Crippen molar-refractivity contribution in [3.05, 3.63) is 205 Å². The smallest absolute Gasteiger partial charge is 0.143 e. The van der Waals surface area contributed by atoms with Gasteiger partial charge in [0.1, 0.15) is 22.3 Å². The Morgan fingerprint density at radius 1 is 0.390 bits per heavy atom. The van der Waals surface area contributed by atoms with Crippen LogP contribution in [-0.2, 0) is 12.0 Å². The van der Waals surface area contributed by atoms with Gasteiger partial charge < -0.3 is 13.7 Å². The minimum atomic E-state index is -0.116. The zero-order valence-electron chi connectivity index (χ0n) is 32.9. The van der Waals surface area contributed by atoms with Gasteiger partial charge in [-0.3, -0.25) is 0 Å². The summed E-state index contributed by atoms with van der Waals surface area (Å²) in [6, 6.07) is 67.9. The molecule has 0 bridgehead atoms. The third-order valence-corrected chi connectivity index (χ3v) is 12.8. The molecular weight excluding hydrogens is 719 g/mol. The molecule has 1 aliphatic rings. The lowest BCUT2D eigenvalue weighted by Crippen LogP contribution is -2.19. The fourth-order valence-corrected chi connectivity index (χ4v) is 9.85. The van der Waals surface area contributed by atoms with E-state index in [1.165, 1.54) is 44.2 Å². The Morgan fingerprint density at radius 2 is 0.915 bits per heavy atom. The maximum absolute atomic E-state index is 6.54. The second kappa shape index (κ2) is 12.8. The van der Waals surface area contributed by atoms with E-state index in [-0.39, 0.29) is 5.41 Å². The van der Waals surface area contributed by atoms with Gasteiger partial charge in [0.15, 0.2) is 0 Å². The zero-order chi connectivity index (χ0) is 39.2. The van der Waals surface area contributed by atoms with E-state index in [9.17, 15) is 0 Å². The first-order chi connectivity index (χ1) is 29.0. The predicted octanol–water partition coefficient (Wildman–Crippen LogP) is 15.6. The summed E-state index contributed by atoms with van der Waals surface area (Å²) in [4.78, 5) is 2.48. The van der Waals surface area contributed by atoms with Gasteiger partial charge in [-0.2, -0.15) is 0 Å². The molecule has 0 spiro atoms. The van der Waals surface area contributed by atoms with Crippen LogP contribution >= 0.6 is 0 Å². The Bertz CT molecular complexity index is 3450. The van der Waals surface area contributed by atoms with Crippen molar-refractivity contribution < 1.29 is 8.83 Å². The molecule has 1 aliphatic carbocycles. The highest BCUT2D eigenvalue weighted by Crippen LogP contribution is 2.50. The molecule has 3 nitrogen and oxygen atoms in total. The molecule has 0 aliphatic heterocycles. The van der Waals surface area contributed by atoms with Gasteiger partial charge in [-0.25, -0.2) is 0 Å². The molecule has 3 heteroatoms. The molecule has 2 aromatic heterocycles. The summed E-state index contributed by atoms with van der Waals surface area (Å²) >= 11 is 0. The molecule has 0 saturated carbocycles. The van der Waals surface area contributed by atoms with Gasteiger partial charge in [0.25, 0.3) is 0 Å². The van der Waals surface area contributed by atoms with E-state index >= 15 is 0 Å². The first-order valence-corrected chi connectivity index (χ1v) is 20.5. The van der Waals surface area contributed by atoms with E-state index in [1.54, 1.807) is 0 Å². The van der Waals surface area contributed by atoms with Crippen molar-refractivity contribution in [1.29, 1.82) is 0 Å². The zero-order valence-corrected chi connectivity index (χ0v) is 32.9. The summed E-state index contributed by atoms with van der Waals surface area (Å²) in [6.07, 6.45) is 0. The number of anilines is 2. The van der Waals surface area contributed by atoms with Crippen molar-refractivity contribution in [3.63, 3.8) is 0 Å². The monoisotopic (exact) mass is 757 g/mol. The van der Waals surface area contributed by atoms with Crippen molar-refractivity contribution in [2.75, 3.05) is 4.90 Å². The minimum absolute atomic E-state index is 0.116. The van der Waals surface area contributed by atoms with Crippen LogP contribution in [-0.4, -0.2) is 0 Å². The quantitative estimate of drug-likeness (QED) is 0.169. The van der Waals surface area contributed by atoms with Crippen molar-refractivity contribution in [2.24, 2.45) is 0 Å². The minimum Gasteiger partial charge on any atom is -0.455 e. The number of fused-ring (bicyclic) bond motifs is 10. The SMILES string of the molecule is CC1(C)c2ccccc2-c2ccc(N(Cc3ccc(-c4cccc5c4oc4ccccc45)c4ccccc34)c3ccc(-c4cccc5c4oc4ccccc45)cc3)cc21. The fraction of sp³-hybridized carbons (Fsp3) is 0.0714. The van der Waals surface area contributed by atoms with Gasteiger partial charge in [-0.1, -0.05) is 166 Å². The predicted molar refractivity (Wildman–Crippen MR) is 246 cm³/mol. The van der Waals surface area contributed by atoms with E-state index in [2.05, 4.69) is 189 Å². The standard InChI is InChI=1S/C56H39NO2/c1-56(2)50-22-8-5-15-43(50)44-32-30-38(33-51(44)56)57(37-28-25-35(26-29-37)40-18-11-20-48-45-16-6-9-23-52(45)58-54(40)48)34-36-27-31-42(41-14-4-3-13-39(36)41)47-19-12-21-49-46-17-7-10-24-53(46)59-55(47)49/h3-33H,34H2,1-2H3.